The van der Waals surface area contributed by atoms with Gasteiger partial charge >= 0.3 is 5.69 Å². The third kappa shape index (κ3) is 3.54. The van der Waals surface area contributed by atoms with Crippen molar-refractivity contribution in [3.8, 4) is 0 Å². The molecule has 6 heteroatoms. The van der Waals surface area contributed by atoms with E-state index in [0.29, 0.717) is 23.9 Å². The van der Waals surface area contributed by atoms with Gasteiger partial charge in [0.2, 0.25) is 5.91 Å². The number of rotatable bonds is 5. The summed E-state index contributed by atoms with van der Waals surface area (Å²) in [5, 5.41) is 0.440. The van der Waals surface area contributed by atoms with Gasteiger partial charge in [-0.3, -0.25) is 18.7 Å². The molecule has 4 aromatic rings. The maximum Gasteiger partial charge on any atom is 0.331 e. The van der Waals surface area contributed by atoms with Gasteiger partial charge in [-0.1, -0.05) is 60.7 Å². The minimum atomic E-state index is -0.453. The summed E-state index contributed by atoms with van der Waals surface area (Å²) in [5.41, 5.74) is 2.78. The Morgan fingerprint density at radius 1 is 0.812 bits per heavy atom. The molecule has 3 aromatic carbocycles. The number of aryl methyl sites for hydroxylation is 1. The molecular formula is C26H23N3O3. The topological polar surface area (TPSA) is 64.3 Å². The maximum absolute atomic E-state index is 13.4. The van der Waals surface area contributed by atoms with Gasteiger partial charge < -0.3 is 4.90 Å². The van der Waals surface area contributed by atoms with Crippen molar-refractivity contribution in [2.75, 3.05) is 11.4 Å². The third-order valence-corrected chi connectivity index (χ3v) is 6.08. The smallest absolute Gasteiger partial charge is 0.310 e. The Morgan fingerprint density at radius 2 is 1.53 bits per heavy atom. The summed E-state index contributed by atoms with van der Waals surface area (Å²) >= 11 is 0. The Hall–Kier alpha value is -3.93. The van der Waals surface area contributed by atoms with Gasteiger partial charge in [-0.2, -0.15) is 0 Å². The molecule has 0 bridgehead atoms. The van der Waals surface area contributed by atoms with Crippen LogP contribution in [0.3, 0.4) is 0 Å². The molecule has 1 amide bonds. The molecule has 1 aromatic heterocycles. The first-order valence-electron chi connectivity index (χ1n) is 10.8. The minimum absolute atomic E-state index is 0.112. The number of para-hydroxylation sites is 2. The van der Waals surface area contributed by atoms with Gasteiger partial charge in [-0.25, -0.2) is 4.79 Å². The van der Waals surface area contributed by atoms with E-state index in [2.05, 4.69) is 0 Å². The average molecular weight is 425 g/mol. The van der Waals surface area contributed by atoms with Crippen molar-refractivity contribution in [1.82, 2.24) is 9.13 Å². The number of anilines is 1. The molecule has 0 atom stereocenters. The van der Waals surface area contributed by atoms with Crippen molar-refractivity contribution in [1.29, 1.82) is 0 Å². The Labute approximate surface area is 185 Å². The van der Waals surface area contributed by atoms with E-state index in [0.717, 1.165) is 23.2 Å². The molecule has 2 heterocycles. The van der Waals surface area contributed by atoms with Crippen molar-refractivity contribution < 1.29 is 4.79 Å². The number of hydrogen-bond acceptors (Lipinski definition) is 3. The molecule has 0 N–H and O–H groups in total. The standard InChI is InChI=1S/C26H23N3O3/c30-24(27-17-15-20-10-4-6-12-22(20)27)18-29-23-13-7-5-11-21(23)25(31)28(26(29)32)16-14-19-8-2-1-3-9-19/h1-13H,14-18H2. The summed E-state index contributed by atoms with van der Waals surface area (Å²) in [6.07, 6.45) is 1.36. The van der Waals surface area contributed by atoms with Crippen molar-refractivity contribution in [2.24, 2.45) is 0 Å². The number of carbonyl (C=O) groups excluding carboxylic acids is 1. The zero-order chi connectivity index (χ0) is 22.1. The number of carbonyl (C=O) groups is 1. The number of fused-ring (bicyclic) bond motifs is 2. The summed E-state index contributed by atoms with van der Waals surface area (Å²) in [6.45, 7) is 0.741. The molecule has 5 rings (SSSR count). The molecular weight excluding hydrogens is 402 g/mol. The van der Waals surface area contributed by atoms with Crippen LogP contribution in [0, 0.1) is 0 Å². The fourth-order valence-corrected chi connectivity index (χ4v) is 4.42. The van der Waals surface area contributed by atoms with Crippen LogP contribution in [-0.2, 0) is 30.7 Å². The molecule has 1 aliphatic rings. The van der Waals surface area contributed by atoms with Crippen LogP contribution >= 0.6 is 0 Å². The largest absolute Gasteiger partial charge is 0.331 e. The second kappa shape index (κ2) is 8.30. The van der Waals surface area contributed by atoms with E-state index in [9.17, 15) is 14.4 Å². The Bertz CT molecular complexity index is 1420. The first-order valence-corrected chi connectivity index (χ1v) is 10.8. The van der Waals surface area contributed by atoms with E-state index in [-0.39, 0.29) is 24.6 Å². The molecule has 0 saturated carbocycles. The van der Waals surface area contributed by atoms with Crippen LogP contribution in [0.25, 0.3) is 10.9 Å². The predicted octanol–water partition coefficient (Wildman–Crippen LogP) is 3.00. The van der Waals surface area contributed by atoms with E-state index < -0.39 is 5.69 Å². The maximum atomic E-state index is 13.4. The van der Waals surface area contributed by atoms with Crippen LogP contribution in [0.2, 0.25) is 0 Å². The average Bonchev–Trinajstić information content (AvgIpc) is 3.27. The van der Waals surface area contributed by atoms with Crippen molar-refractivity contribution in [3.05, 3.63) is 111 Å². The van der Waals surface area contributed by atoms with Gasteiger partial charge in [0.05, 0.1) is 10.9 Å². The Kier molecular flexibility index (Phi) is 5.19. The predicted molar refractivity (Wildman–Crippen MR) is 125 cm³/mol. The Morgan fingerprint density at radius 3 is 2.38 bits per heavy atom. The third-order valence-electron chi connectivity index (χ3n) is 6.08. The van der Waals surface area contributed by atoms with E-state index in [1.54, 1.807) is 29.2 Å². The van der Waals surface area contributed by atoms with Gasteiger partial charge in [-0.15, -0.1) is 0 Å². The van der Waals surface area contributed by atoms with Gasteiger partial charge in [0.1, 0.15) is 6.54 Å². The molecule has 0 fully saturated rings. The Balaban J connectivity index is 1.53. The summed E-state index contributed by atoms with van der Waals surface area (Å²) in [5.74, 6) is -0.157. The fraction of sp³-hybridized carbons (Fsp3) is 0.192. The first kappa shape index (κ1) is 20.0. The minimum Gasteiger partial charge on any atom is -0.310 e. The molecule has 0 saturated heterocycles. The number of aromatic nitrogens is 2. The van der Waals surface area contributed by atoms with Gasteiger partial charge in [0.25, 0.3) is 5.56 Å². The lowest BCUT2D eigenvalue weighted by Gasteiger charge is -2.19. The molecule has 0 radical (unpaired) electrons. The van der Waals surface area contributed by atoms with Crippen LogP contribution in [0.4, 0.5) is 5.69 Å². The first-order chi connectivity index (χ1) is 15.6. The van der Waals surface area contributed by atoms with E-state index in [1.807, 2.05) is 54.6 Å². The van der Waals surface area contributed by atoms with E-state index in [1.165, 1.54) is 9.13 Å². The number of hydrogen-bond donors (Lipinski definition) is 0. The monoisotopic (exact) mass is 425 g/mol. The van der Waals surface area contributed by atoms with E-state index >= 15 is 0 Å². The molecule has 0 spiro atoms. The number of amides is 1. The van der Waals surface area contributed by atoms with Gasteiger partial charge in [-0.05, 0) is 42.2 Å². The lowest BCUT2D eigenvalue weighted by molar-refractivity contribution is -0.119. The molecule has 0 unspecified atom stereocenters. The summed E-state index contributed by atoms with van der Waals surface area (Å²) in [7, 11) is 0. The van der Waals surface area contributed by atoms with Crippen LogP contribution in [-0.4, -0.2) is 21.6 Å². The zero-order valence-corrected chi connectivity index (χ0v) is 17.6. The van der Waals surface area contributed by atoms with Crippen LogP contribution in [0.5, 0.6) is 0 Å². The fourth-order valence-electron chi connectivity index (χ4n) is 4.42. The quantitative estimate of drug-likeness (QED) is 0.494. The number of nitrogens with zero attached hydrogens (tertiary/aromatic N) is 3. The molecule has 160 valence electrons. The lowest BCUT2D eigenvalue weighted by Crippen LogP contribution is -2.43. The molecule has 6 nitrogen and oxygen atoms in total. The lowest BCUT2D eigenvalue weighted by atomic mass is 10.1. The van der Waals surface area contributed by atoms with Crippen molar-refractivity contribution in [3.63, 3.8) is 0 Å². The zero-order valence-electron chi connectivity index (χ0n) is 17.6. The normalized spacial score (nSPS) is 12.8. The highest BCUT2D eigenvalue weighted by molar-refractivity contribution is 5.96. The summed E-state index contributed by atoms with van der Waals surface area (Å²) < 4.78 is 2.69. The highest BCUT2D eigenvalue weighted by Crippen LogP contribution is 2.27. The van der Waals surface area contributed by atoms with E-state index in [4.69, 9.17) is 0 Å². The van der Waals surface area contributed by atoms with Crippen LogP contribution < -0.4 is 16.1 Å². The second-order valence-electron chi connectivity index (χ2n) is 8.00. The highest BCUT2D eigenvalue weighted by atomic mass is 16.2. The highest BCUT2D eigenvalue weighted by Gasteiger charge is 2.25. The second-order valence-corrected chi connectivity index (χ2v) is 8.00. The van der Waals surface area contributed by atoms with Gasteiger partial charge in [0, 0.05) is 18.8 Å². The van der Waals surface area contributed by atoms with Crippen LogP contribution in [0.15, 0.2) is 88.5 Å². The molecule has 0 aliphatic carbocycles. The van der Waals surface area contributed by atoms with Crippen LogP contribution in [0.1, 0.15) is 11.1 Å². The van der Waals surface area contributed by atoms with Crippen molar-refractivity contribution in [2.45, 2.75) is 25.9 Å². The molecule has 1 aliphatic heterocycles. The van der Waals surface area contributed by atoms with Gasteiger partial charge in [0.15, 0.2) is 0 Å². The van der Waals surface area contributed by atoms with Crippen molar-refractivity contribution >= 4 is 22.5 Å². The molecule has 32 heavy (non-hydrogen) atoms. The SMILES string of the molecule is O=C(Cn1c(=O)n(CCc2ccccc2)c(=O)c2ccccc21)N1CCc2ccccc21. The number of benzene rings is 3. The summed E-state index contributed by atoms with van der Waals surface area (Å²) in [4.78, 5) is 41.4. The summed E-state index contributed by atoms with van der Waals surface area (Å²) in [6, 6.07) is 24.6.